The fraction of sp³-hybridized carbons (Fsp3) is 0.353. The average molecular weight is 508 g/mol. The summed E-state index contributed by atoms with van der Waals surface area (Å²) in [5.41, 5.74) is 1.63. The Bertz CT molecular complexity index is 1110. The standard InChI is InChI=1S/C12H9ClFN5.C5H11O8P/c13-8-2-1-3-9(14)7(8)4-15-11-10-12(17-5-16-10)19-6-18-11;6-3-2(1-12-14(9,10)11)13-5(8)4(3)7/h1-3,5-6H,4H2,(H2,15,16,17,18,19);2-8H,1H2,(H2,9,10,11)/t;2-,3-,4-,5?/m.1/s1. The van der Waals surface area contributed by atoms with E-state index in [9.17, 15) is 8.96 Å². The van der Waals surface area contributed by atoms with E-state index >= 15 is 0 Å². The van der Waals surface area contributed by atoms with Crippen LogP contribution in [0.1, 0.15) is 5.56 Å². The third kappa shape index (κ3) is 6.63. The first-order valence-corrected chi connectivity index (χ1v) is 11.2. The van der Waals surface area contributed by atoms with Crippen LogP contribution in [0.2, 0.25) is 5.02 Å². The van der Waals surface area contributed by atoms with Crippen molar-refractivity contribution in [2.75, 3.05) is 11.9 Å². The fourth-order valence-corrected chi connectivity index (χ4v) is 3.38. The number of nitrogens with zero attached hydrogens (tertiary/aromatic N) is 3. The van der Waals surface area contributed by atoms with Gasteiger partial charge in [0, 0.05) is 17.1 Å². The molecule has 0 aliphatic carbocycles. The molecule has 180 valence electrons. The summed E-state index contributed by atoms with van der Waals surface area (Å²) in [6.45, 7) is -0.379. The summed E-state index contributed by atoms with van der Waals surface area (Å²) in [4.78, 5) is 31.7. The van der Waals surface area contributed by atoms with Gasteiger partial charge in [-0.3, -0.25) is 4.52 Å². The van der Waals surface area contributed by atoms with Gasteiger partial charge in [0.15, 0.2) is 17.8 Å². The van der Waals surface area contributed by atoms with Gasteiger partial charge in [-0.15, -0.1) is 0 Å². The lowest BCUT2D eigenvalue weighted by molar-refractivity contribution is -0.132. The summed E-state index contributed by atoms with van der Waals surface area (Å²) >= 11 is 5.96. The maximum atomic E-state index is 13.6. The molecule has 0 bridgehead atoms. The largest absolute Gasteiger partial charge is 0.469 e. The zero-order valence-electron chi connectivity index (χ0n) is 16.6. The Morgan fingerprint density at radius 3 is 2.61 bits per heavy atom. The van der Waals surface area contributed by atoms with Crippen molar-refractivity contribution >= 4 is 36.4 Å². The van der Waals surface area contributed by atoms with Crippen LogP contribution < -0.4 is 5.32 Å². The predicted octanol–water partition coefficient (Wildman–Crippen LogP) is 0.292. The van der Waals surface area contributed by atoms with Gasteiger partial charge in [0.05, 0.1) is 12.9 Å². The first-order valence-electron chi connectivity index (χ1n) is 9.27. The number of rotatable bonds is 6. The number of aromatic nitrogens is 4. The van der Waals surface area contributed by atoms with Gasteiger partial charge >= 0.3 is 7.82 Å². The topological polar surface area (TPSA) is 203 Å². The molecule has 1 aliphatic heterocycles. The summed E-state index contributed by atoms with van der Waals surface area (Å²) in [6.07, 6.45) is -2.74. The molecule has 1 aliphatic rings. The summed E-state index contributed by atoms with van der Waals surface area (Å²) in [5, 5.41) is 30.4. The summed E-state index contributed by atoms with van der Waals surface area (Å²) in [6, 6.07) is 4.58. The number of ether oxygens (including phenoxy) is 1. The van der Waals surface area contributed by atoms with Crippen LogP contribution in [-0.2, 0) is 20.4 Å². The second kappa shape index (κ2) is 10.8. The average Bonchev–Trinajstić information content (AvgIpc) is 3.33. The van der Waals surface area contributed by atoms with E-state index in [0.29, 0.717) is 27.6 Å². The van der Waals surface area contributed by atoms with Gasteiger partial charge in [-0.1, -0.05) is 17.7 Å². The highest BCUT2D eigenvalue weighted by Crippen LogP contribution is 2.37. The number of fused-ring (bicyclic) bond motifs is 1. The van der Waals surface area contributed by atoms with Crippen molar-refractivity contribution < 1.29 is 43.3 Å². The number of halogens is 2. The number of phosphoric ester groups is 1. The molecule has 0 amide bonds. The number of phosphoric acid groups is 1. The van der Waals surface area contributed by atoms with Gasteiger partial charge < -0.3 is 40.1 Å². The van der Waals surface area contributed by atoms with Crippen molar-refractivity contribution in [3.63, 3.8) is 0 Å². The SMILES string of the molecule is Fc1cccc(Cl)c1CNc1ncnc2nc[nH]c12.O=P(O)(O)OC[C@H]1OC(O)[C@H](O)[C@@H]1O. The molecule has 3 aromatic rings. The van der Waals surface area contributed by atoms with Crippen LogP contribution in [0.5, 0.6) is 0 Å². The van der Waals surface area contributed by atoms with Crippen molar-refractivity contribution in [2.24, 2.45) is 0 Å². The lowest BCUT2D eigenvalue weighted by atomic mass is 10.1. The van der Waals surface area contributed by atoms with E-state index in [2.05, 4.69) is 34.5 Å². The molecule has 4 atom stereocenters. The molecule has 13 nitrogen and oxygen atoms in total. The monoisotopic (exact) mass is 507 g/mol. The number of nitrogens with one attached hydrogen (secondary N) is 2. The number of hydrogen-bond acceptors (Lipinski definition) is 10. The fourth-order valence-electron chi connectivity index (χ4n) is 2.81. The molecule has 3 heterocycles. The quantitative estimate of drug-likeness (QED) is 0.225. The van der Waals surface area contributed by atoms with Crippen LogP contribution in [0.3, 0.4) is 0 Å². The number of anilines is 1. The highest BCUT2D eigenvalue weighted by molar-refractivity contribution is 7.46. The lowest BCUT2D eigenvalue weighted by Crippen LogP contribution is -2.34. The molecule has 16 heteroatoms. The van der Waals surface area contributed by atoms with Crippen molar-refractivity contribution in [3.05, 3.63) is 47.3 Å². The minimum atomic E-state index is -4.64. The number of benzene rings is 1. The van der Waals surface area contributed by atoms with Crippen LogP contribution in [0.4, 0.5) is 10.2 Å². The minimum absolute atomic E-state index is 0.233. The Kier molecular flexibility index (Phi) is 8.28. The van der Waals surface area contributed by atoms with Crippen molar-refractivity contribution in [1.29, 1.82) is 0 Å². The first-order chi connectivity index (χ1) is 15.6. The van der Waals surface area contributed by atoms with Gasteiger partial charge in [-0.2, -0.15) is 0 Å². The number of H-pyrrole nitrogens is 1. The molecule has 0 saturated carbocycles. The van der Waals surface area contributed by atoms with Crippen molar-refractivity contribution in [1.82, 2.24) is 19.9 Å². The van der Waals surface area contributed by atoms with Crippen LogP contribution in [-0.4, -0.2) is 76.3 Å². The van der Waals surface area contributed by atoms with E-state index in [1.165, 1.54) is 18.7 Å². The van der Waals surface area contributed by atoms with Crippen molar-refractivity contribution in [3.8, 4) is 0 Å². The molecular weight excluding hydrogens is 488 g/mol. The Morgan fingerprint density at radius 1 is 1.21 bits per heavy atom. The number of aliphatic hydroxyl groups excluding tert-OH is 3. The van der Waals surface area contributed by atoms with E-state index in [-0.39, 0.29) is 12.4 Å². The second-order valence-electron chi connectivity index (χ2n) is 6.71. The molecule has 7 N–H and O–H groups in total. The minimum Gasteiger partial charge on any atom is -0.387 e. The maximum absolute atomic E-state index is 13.6. The van der Waals surface area contributed by atoms with E-state index in [4.69, 9.17) is 36.7 Å². The molecule has 1 unspecified atom stereocenters. The van der Waals surface area contributed by atoms with Crippen LogP contribution >= 0.6 is 19.4 Å². The Morgan fingerprint density at radius 2 is 1.97 bits per heavy atom. The van der Waals surface area contributed by atoms with Crippen LogP contribution in [0, 0.1) is 5.82 Å². The first kappa shape index (κ1) is 25.4. The lowest BCUT2D eigenvalue weighted by Gasteiger charge is -2.14. The van der Waals surface area contributed by atoms with Gasteiger partial charge in [0.1, 0.15) is 36.0 Å². The number of aromatic amines is 1. The predicted molar refractivity (Wildman–Crippen MR) is 111 cm³/mol. The van der Waals surface area contributed by atoms with Crippen molar-refractivity contribution in [2.45, 2.75) is 31.1 Å². The zero-order chi connectivity index (χ0) is 24.2. The van der Waals surface area contributed by atoms with Crippen LogP contribution in [0.25, 0.3) is 11.2 Å². The summed E-state index contributed by atoms with van der Waals surface area (Å²) in [7, 11) is -4.64. The zero-order valence-corrected chi connectivity index (χ0v) is 18.3. The number of hydrogen-bond donors (Lipinski definition) is 7. The van der Waals surface area contributed by atoms with Gasteiger partial charge in [0.2, 0.25) is 0 Å². The van der Waals surface area contributed by atoms with E-state index in [1.807, 2.05) is 0 Å². The van der Waals surface area contributed by atoms with Gasteiger partial charge in [0.25, 0.3) is 0 Å². The number of aliphatic hydroxyl groups is 3. The van der Waals surface area contributed by atoms with E-state index in [0.717, 1.165) is 0 Å². The third-order valence-electron chi connectivity index (χ3n) is 4.46. The molecule has 0 spiro atoms. The highest BCUT2D eigenvalue weighted by atomic mass is 35.5. The normalized spacial score (nSPS) is 22.8. The number of imidazole rings is 1. The molecule has 1 saturated heterocycles. The molecule has 4 rings (SSSR count). The van der Waals surface area contributed by atoms with Crippen LogP contribution in [0.15, 0.2) is 30.9 Å². The third-order valence-corrected chi connectivity index (χ3v) is 5.30. The smallest absolute Gasteiger partial charge is 0.387 e. The molecule has 2 aromatic heterocycles. The summed E-state index contributed by atoms with van der Waals surface area (Å²) in [5.74, 6) is 0.205. The molecule has 1 aromatic carbocycles. The van der Waals surface area contributed by atoms with E-state index in [1.54, 1.807) is 12.1 Å². The second-order valence-corrected chi connectivity index (χ2v) is 8.36. The highest BCUT2D eigenvalue weighted by Gasteiger charge is 2.42. The summed E-state index contributed by atoms with van der Waals surface area (Å²) < 4.78 is 32.5. The molecular formula is C17H20ClFN5O8P. The molecule has 33 heavy (non-hydrogen) atoms. The Hall–Kier alpha value is -2.26. The Labute approximate surface area is 190 Å². The molecule has 1 fully saturated rings. The maximum Gasteiger partial charge on any atom is 0.469 e. The Balaban J connectivity index is 0.000000196. The van der Waals surface area contributed by atoms with E-state index < -0.39 is 39.0 Å². The van der Waals surface area contributed by atoms with Gasteiger partial charge in [-0.05, 0) is 12.1 Å². The van der Waals surface area contributed by atoms with Gasteiger partial charge in [-0.25, -0.2) is 23.9 Å². The molecule has 0 radical (unpaired) electrons.